The summed E-state index contributed by atoms with van der Waals surface area (Å²) in [4.78, 5) is 13.8. The van der Waals surface area contributed by atoms with Crippen LogP contribution in [0.5, 0.6) is 0 Å². The molecule has 1 aromatic carbocycles. The zero-order valence-electron chi connectivity index (χ0n) is 14.6. The van der Waals surface area contributed by atoms with Gasteiger partial charge in [-0.3, -0.25) is 0 Å². The molecule has 128 valence electrons. The third kappa shape index (κ3) is 4.67. The molecule has 1 aromatic rings. The second-order valence-corrected chi connectivity index (χ2v) is 7.29. The van der Waals surface area contributed by atoms with Crippen molar-refractivity contribution in [1.29, 1.82) is 0 Å². The molecule has 0 bridgehead atoms. The van der Waals surface area contributed by atoms with E-state index in [1.54, 1.807) is 24.1 Å². The zero-order chi connectivity index (χ0) is 17.2. The topological polar surface area (TPSA) is 41.6 Å². The number of carbonyl (C=O) groups excluding carboxylic acids is 1. The molecule has 1 unspecified atom stereocenters. The first-order chi connectivity index (χ1) is 10.7. The Labute approximate surface area is 138 Å². The predicted octanol–water partition coefficient (Wildman–Crippen LogP) is 3.87. The van der Waals surface area contributed by atoms with Crippen molar-refractivity contribution in [1.82, 2.24) is 10.2 Å². The van der Waals surface area contributed by atoms with Gasteiger partial charge in [-0.05, 0) is 58.2 Å². The molecule has 23 heavy (non-hydrogen) atoms. The van der Waals surface area contributed by atoms with Crippen LogP contribution < -0.4 is 5.32 Å². The molecule has 3 atom stereocenters. The third-order valence-corrected chi connectivity index (χ3v) is 4.31. The van der Waals surface area contributed by atoms with Crippen LogP contribution in [-0.4, -0.2) is 35.7 Å². The van der Waals surface area contributed by atoms with Crippen LogP contribution in [0.4, 0.5) is 9.18 Å². The average molecular weight is 322 g/mol. The Hall–Kier alpha value is -1.62. The zero-order valence-corrected chi connectivity index (χ0v) is 14.6. The highest BCUT2D eigenvalue weighted by atomic mass is 19.1. The van der Waals surface area contributed by atoms with Crippen molar-refractivity contribution < 1.29 is 13.9 Å². The van der Waals surface area contributed by atoms with Crippen LogP contribution in [-0.2, 0) is 4.74 Å². The summed E-state index contributed by atoms with van der Waals surface area (Å²) >= 11 is 0. The summed E-state index contributed by atoms with van der Waals surface area (Å²) in [6, 6.07) is 6.99. The molecule has 1 saturated heterocycles. The standard InChI is InChI=1S/C18H27FN2O2/c1-12(21(5)17(22)23-18(2,3)4)15-9-10-16(20-15)13-7-6-8-14(19)11-13/h6-8,11-12,15-16,20H,9-10H2,1-5H3/t12?,15-,16+/m1/s1. The minimum atomic E-state index is -0.502. The van der Waals surface area contributed by atoms with Crippen LogP contribution in [0.3, 0.4) is 0 Å². The van der Waals surface area contributed by atoms with E-state index in [0.29, 0.717) is 0 Å². The normalized spacial score (nSPS) is 22.7. The predicted molar refractivity (Wildman–Crippen MR) is 88.8 cm³/mol. The molecule has 1 aliphatic heterocycles. The van der Waals surface area contributed by atoms with Gasteiger partial charge in [0.05, 0.1) is 0 Å². The molecule has 1 N–H and O–H groups in total. The Morgan fingerprint density at radius 2 is 2.09 bits per heavy atom. The molecule has 0 radical (unpaired) electrons. The SMILES string of the molecule is CC([C@H]1CC[C@@H](c2cccc(F)c2)N1)N(C)C(=O)OC(C)(C)C. The number of carbonyl (C=O) groups is 1. The Kier molecular flexibility index (Phi) is 5.30. The summed E-state index contributed by atoms with van der Waals surface area (Å²) in [5.74, 6) is -0.216. The van der Waals surface area contributed by atoms with Gasteiger partial charge >= 0.3 is 6.09 Å². The van der Waals surface area contributed by atoms with Gasteiger partial charge in [-0.15, -0.1) is 0 Å². The number of nitrogens with zero attached hydrogens (tertiary/aromatic N) is 1. The van der Waals surface area contributed by atoms with Crippen molar-refractivity contribution in [2.45, 2.75) is 64.3 Å². The smallest absolute Gasteiger partial charge is 0.410 e. The van der Waals surface area contributed by atoms with Crippen LogP contribution in [0.25, 0.3) is 0 Å². The number of likely N-dealkylation sites (N-methyl/N-ethyl adjacent to an activating group) is 1. The Bertz CT molecular complexity index is 556. The van der Waals surface area contributed by atoms with Gasteiger partial charge in [-0.2, -0.15) is 0 Å². The number of benzene rings is 1. The first-order valence-corrected chi connectivity index (χ1v) is 8.14. The van der Waals surface area contributed by atoms with E-state index in [2.05, 4.69) is 5.32 Å². The fraction of sp³-hybridized carbons (Fsp3) is 0.611. The molecular formula is C18H27FN2O2. The second kappa shape index (κ2) is 6.87. The summed E-state index contributed by atoms with van der Waals surface area (Å²) in [7, 11) is 1.76. The van der Waals surface area contributed by atoms with Crippen molar-refractivity contribution in [3.8, 4) is 0 Å². The van der Waals surface area contributed by atoms with E-state index >= 15 is 0 Å². The number of hydrogen-bond donors (Lipinski definition) is 1. The number of halogens is 1. The van der Waals surface area contributed by atoms with Gasteiger partial charge in [0.25, 0.3) is 0 Å². The third-order valence-electron chi connectivity index (χ3n) is 4.31. The van der Waals surface area contributed by atoms with Crippen molar-refractivity contribution in [3.63, 3.8) is 0 Å². The molecule has 1 amide bonds. The van der Waals surface area contributed by atoms with Gasteiger partial charge in [0.2, 0.25) is 0 Å². The highest BCUT2D eigenvalue weighted by Gasteiger charge is 2.33. The van der Waals surface area contributed by atoms with Crippen LogP contribution in [0.1, 0.15) is 52.1 Å². The summed E-state index contributed by atoms with van der Waals surface area (Å²) in [5, 5.41) is 3.52. The molecular weight excluding hydrogens is 295 g/mol. The van der Waals surface area contributed by atoms with Gasteiger partial charge < -0.3 is 15.0 Å². The average Bonchev–Trinajstić information content (AvgIpc) is 2.93. The number of hydrogen-bond acceptors (Lipinski definition) is 3. The second-order valence-electron chi connectivity index (χ2n) is 7.29. The Balaban J connectivity index is 1.96. The van der Waals surface area contributed by atoms with Crippen molar-refractivity contribution in [3.05, 3.63) is 35.6 Å². The molecule has 1 fully saturated rings. The van der Waals surface area contributed by atoms with Crippen LogP contribution in [0.2, 0.25) is 0 Å². The Morgan fingerprint density at radius 1 is 1.39 bits per heavy atom. The van der Waals surface area contributed by atoms with E-state index in [0.717, 1.165) is 18.4 Å². The van der Waals surface area contributed by atoms with Crippen LogP contribution >= 0.6 is 0 Å². The first kappa shape index (κ1) is 17.7. The minimum absolute atomic E-state index is 0.00316. The maximum atomic E-state index is 13.4. The minimum Gasteiger partial charge on any atom is -0.444 e. The molecule has 1 aliphatic rings. The van der Waals surface area contributed by atoms with Gasteiger partial charge in [-0.1, -0.05) is 12.1 Å². The van der Waals surface area contributed by atoms with Crippen molar-refractivity contribution in [2.75, 3.05) is 7.05 Å². The number of ether oxygens (including phenoxy) is 1. The maximum Gasteiger partial charge on any atom is 0.410 e. The molecule has 0 saturated carbocycles. The van der Waals surface area contributed by atoms with E-state index in [1.165, 1.54) is 6.07 Å². The quantitative estimate of drug-likeness (QED) is 0.918. The van der Waals surface area contributed by atoms with Crippen molar-refractivity contribution in [2.24, 2.45) is 0 Å². The van der Waals surface area contributed by atoms with E-state index in [-0.39, 0.29) is 30.0 Å². The van der Waals surface area contributed by atoms with E-state index in [9.17, 15) is 9.18 Å². The van der Waals surface area contributed by atoms with E-state index in [4.69, 9.17) is 4.74 Å². The molecule has 0 spiro atoms. The fourth-order valence-electron chi connectivity index (χ4n) is 2.91. The molecule has 2 rings (SSSR count). The summed E-state index contributed by atoms with van der Waals surface area (Å²) in [6.07, 6.45) is 1.55. The maximum absolute atomic E-state index is 13.4. The van der Waals surface area contributed by atoms with Gasteiger partial charge in [-0.25, -0.2) is 9.18 Å². The summed E-state index contributed by atoms with van der Waals surface area (Å²) in [5.41, 5.74) is 0.456. The molecule has 5 heteroatoms. The lowest BCUT2D eigenvalue weighted by Crippen LogP contribution is -2.48. The highest BCUT2D eigenvalue weighted by Crippen LogP contribution is 2.29. The first-order valence-electron chi connectivity index (χ1n) is 8.14. The Morgan fingerprint density at radius 3 is 2.70 bits per heavy atom. The largest absolute Gasteiger partial charge is 0.444 e. The monoisotopic (exact) mass is 322 g/mol. The molecule has 4 nitrogen and oxygen atoms in total. The van der Waals surface area contributed by atoms with Crippen molar-refractivity contribution >= 4 is 6.09 Å². The molecule has 0 aromatic heterocycles. The summed E-state index contributed by atoms with van der Waals surface area (Å²) in [6.45, 7) is 7.58. The number of amides is 1. The van der Waals surface area contributed by atoms with E-state index < -0.39 is 5.60 Å². The molecule has 1 heterocycles. The molecule has 0 aliphatic carbocycles. The van der Waals surface area contributed by atoms with Gasteiger partial charge in [0, 0.05) is 25.2 Å². The van der Waals surface area contributed by atoms with Crippen LogP contribution in [0, 0.1) is 5.82 Å². The lowest BCUT2D eigenvalue weighted by Gasteiger charge is -2.32. The van der Waals surface area contributed by atoms with Gasteiger partial charge in [0.1, 0.15) is 11.4 Å². The lowest BCUT2D eigenvalue weighted by molar-refractivity contribution is 0.0208. The summed E-state index contributed by atoms with van der Waals surface area (Å²) < 4.78 is 18.8. The highest BCUT2D eigenvalue weighted by molar-refractivity contribution is 5.68. The van der Waals surface area contributed by atoms with Crippen LogP contribution in [0.15, 0.2) is 24.3 Å². The number of nitrogens with one attached hydrogen (secondary N) is 1. The number of rotatable bonds is 3. The fourth-order valence-corrected chi connectivity index (χ4v) is 2.91. The van der Waals surface area contributed by atoms with E-state index in [1.807, 2.05) is 33.8 Å². The lowest BCUT2D eigenvalue weighted by atomic mass is 10.0. The van der Waals surface area contributed by atoms with Gasteiger partial charge in [0.15, 0.2) is 0 Å².